The zero-order valence-electron chi connectivity index (χ0n) is 17.6. The van der Waals surface area contributed by atoms with Gasteiger partial charge in [0.05, 0.1) is 12.3 Å². The van der Waals surface area contributed by atoms with E-state index in [1.54, 1.807) is 20.4 Å². The van der Waals surface area contributed by atoms with Crippen LogP contribution in [-0.2, 0) is 11.2 Å². The lowest BCUT2D eigenvalue weighted by molar-refractivity contribution is -0.127. The number of benzene rings is 1. The first-order chi connectivity index (χ1) is 13.8. The third-order valence-electron chi connectivity index (χ3n) is 4.80. The molecule has 2 heterocycles. The summed E-state index contributed by atoms with van der Waals surface area (Å²) in [4.78, 5) is 18.1. The molecule has 29 heavy (non-hydrogen) atoms. The highest BCUT2D eigenvalue weighted by Gasteiger charge is 2.34. The lowest BCUT2D eigenvalue weighted by atomic mass is 9.90. The van der Waals surface area contributed by atoms with Crippen LogP contribution >= 0.6 is 0 Å². The van der Waals surface area contributed by atoms with Crippen LogP contribution in [0.15, 0.2) is 52.1 Å². The van der Waals surface area contributed by atoms with Crippen molar-refractivity contribution in [1.82, 2.24) is 15.5 Å². The lowest BCUT2D eigenvalue weighted by Crippen LogP contribution is -2.46. The molecule has 2 N–H and O–H groups in total. The van der Waals surface area contributed by atoms with Gasteiger partial charge < -0.3 is 24.7 Å². The summed E-state index contributed by atoms with van der Waals surface area (Å²) >= 11 is 0. The largest absolute Gasteiger partial charge is 0.487 e. The lowest BCUT2D eigenvalue weighted by Gasteiger charge is -2.38. The van der Waals surface area contributed by atoms with E-state index in [0.29, 0.717) is 12.5 Å². The maximum absolute atomic E-state index is 12.0. The predicted molar refractivity (Wildman–Crippen MR) is 113 cm³/mol. The minimum atomic E-state index is -0.301. The predicted octanol–water partition coefficient (Wildman–Crippen LogP) is 2.75. The number of likely N-dealkylation sites (N-methyl/N-ethyl adjacent to an activating group) is 1. The highest BCUT2D eigenvalue weighted by atomic mass is 16.5. The highest BCUT2D eigenvalue weighted by molar-refractivity contribution is 5.85. The molecule has 1 aliphatic heterocycles. The average molecular weight is 399 g/mol. The van der Waals surface area contributed by atoms with E-state index in [1.165, 1.54) is 4.90 Å². The van der Waals surface area contributed by atoms with E-state index in [-0.39, 0.29) is 24.1 Å². The van der Waals surface area contributed by atoms with Crippen molar-refractivity contribution in [1.29, 1.82) is 0 Å². The van der Waals surface area contributed by atoms with Gasteiger partial charge in [0.25, 0.3) is 0 Å². The van der Waals surface area contributed by atoms with Crippen LogP contribution in [0.4, 0.5) is 0 Å². The first kappa shape index (κ1) is 20.8. The van der Waals surface area contributed by atoms with Crippen LogP contribution < -0.4 is 15.4 Å². The molecular formula is C22H30N4O3. The van der Waals surface area contributed by atoms with E-state index < -0.39 is 0 Å². The van der Waals surface area contributed by atoms with Gasteiger partial charge in [0.15, 0.2) is 5.96 Å². The number of guanidine groups is 1. The van der Waals surface area contributed by atoms with Gasteiger partial charge in [-0.15, -0.1) is 0 Å². The Kier molecular flexibility index (Phi) is 6.46. The van der Waals surface area contributed by atoms with Crippen molar-refractivity contribution in [2.24, 2.45) is 4.99 Å². The number of fused-ring (bicyclic) bond motifs is 1. The number of furan rings is 1. The van der Waals surface area contributed by atoms with E-state index in [9.17, 15) is 4.79 Å². The monoisotopic (exact) mass is 398 g/mol. The van der Waals surface area contributed by atoms with Crippen LogP contribution in [0.3, 0.4) is 0 Å². The topological polar surface area (TPSA) is 79.1 Å². The second kappa shape index (κ2) is 9.03. The molecule has 0 aliphatic carbocycles. The Morgan fingerprint density at radius 1 is 1.24 bits per heavy atom. The SMILES string of the molecule is CN(C)C(=O)CN=C(NCCc1ccco1)NC1CC(C)(C)Oc2ccccc21. The molecule has 7 nitrogen and oxygen atoms in total. The molecule has 7 heteroatoms. The first-order valence-electron chi connectivity index (χ1n) is 9.89. The quantitative estimate of drug-likeness (QED) is 0.578. The maximum Gasteiger partial charge on any atom is 0.243 e. The van der Waals surface area contributed by atoms with E-state index in [4.69, 9.17) is 9.15 Å². The summed E-state index contributed by atoms with van der Waals surface area (Å²) in [5.74, 6) is 2.33. The van der Waals surface area contributed by atoms with Gasteiger partial charge >= 0.3 is 0 Å². The number of para-hydroxylation sites is 1. The van der Waals surface area contributed by atoms with Crippen LogP contribution in [0, 0.1) is 0 Å². The molecule has 3 rings (SSSR count). The Morgan fingerprint density at radius 3 is 2.76 bits per heavy atom. The molecule has 1 aromatic heterocycles. The number of carbonyl (C=O) groups excluding carboxylic acids is 1. The minimum absolute atomic E-state index is 0.0271. The molecule has 1 atom stereocenters. The van der Waals surface area contributed by atoms with Gasteiger partial charge in [0.2, 0.25) is 5.91 Å². The molecule has 0 fully saturated rings. The van der Waals surface area contributed by atoms with Gasteiger partial charge in [-0.2, -0.15) is 0 Å². The molecule has 0 saturated heterocycles. The second-order valence-corrected chi connectivity index (χ2v) is 8.01. The van der Waals surface area contributed by atoms with E-state index in [2.05, 4.69) is 35.5 Å². The van der Waals surface area contributed by atoms with Crippen LogP contribution in [-0.4, -0.2) is 49.6 Å². The third-order valence-corrected chi connectivity index (χ3v) is 4.80. The molecule has 0 radical (unpaired) electrons. The second-order valence-electron chi connectivity index (χ2n) is 8.01. The zero-order chi connectivity index (χ0) is 20.9. The van der Waals surface area contributed by atoms with Crippen molar-refractivity contribution < 1.29 is 13.9 Å². The molecule has 156 valence electrons. The van der Waals surface area contributed by atoms with Gasteiger partial charge in [-0.05, 0) is 32.0 Å². The number of nitrogens with zero attached hydrogens (tertiary/aromatic N) is 2. The summed E-state index contributed by atoms with van der Waals surface area (Å²) < 4.78 is 11.5. The Morgan fingerprint density at radius 2 is 2.03 bits per heavy atom. The normalized spacial score (nSPS) is 17.8. The van der Waals surface area contributed by atoms with E-state index in [1.807, 2.05) is 30.3 Å². The summed E-state index contributed by atoms with van der Waals surface area (Å²) in [7, 11) is 3.46. The summed E-state index contributed by atoms with van der Waals surface area (Å²) in [5, 5.41) is 6.82. The number of aliphatic imine (C=N–C) groups is 1. The number of hydrogen-bond acceptors (Lipinski definition) is 4. The van der Waals surface area contributed by atoms with Crippen LogP contribution in [0.1, 0.15) is 37.6 Å². The van der Waals surface area contributed by atoms with Crippen LogP contribution in [0.2, 0.25) is 0 Å². The van der Waals surface area contributed by atoms with Gasteiger partial charge in [-0.1, -0.05) is 18.2 Å². The van der Waals surface area contributed by atoms with Crippen molar-refractivity contribution in [3.63, 3.8) is 0 Å². The number of rotatable bonds is 6. The molecule has 1 aliphatic rings. The van der Waals surface area contributed by atoms with Gasteiger partial charge in [0.1, 0.15) is 23.7 Å². The fourth-order valence-corrected chi connectivity index (χ4v) is 3.30. The Balaban J connectivity index is 1.74. The van der Waals surface area contributed by atoms with Gasteiger partial charge in [-0.25, -0.2) is 4.99 Å². The molecule has 1 amide bonds. The number of amides is 1. The Hall–Kier alpha value is -2.96. The average Bonchev–Trinajstić information content (AvgIpc) is 3.18. The van der Waals surface area contributed by atoms with E-state index >= 15 is 0 Å². The standard InChI is InChI=1S/C22H30N4O3/c1-22(2)14-18(17-9-5-6-10-19(17)29-22)25-21(24-15-20(27)26(3)4)23-12-11-16-8-7-13-28-16/h5-10,13,18H,11-12,14-15H2,1-4H3,(H2,23,24,25). The van der Waals surface area contributed by atoms with Crippen molar-refractivity contribution in [3.8, 4) is 5.75 Å². The molecule has 1 unspecified atom stereocenters. The number of nitrogens with one attached hydrogen (secondary N) is 2. The molecule has 0 spiro atoms. The number of carbonyl (C=O) groups is 1. The zero-order valence-corrected chi connectivity index (χ0v) is 17.6. The number of ether oxygens (including phenoxy) is 1. The summed E-state index contributed by atoms with van der Waals surface area (Å²) in [6.45, 7) is 4.88. The fourth-order valence-electron chi connectivity index (χ4n) is 3.30. The molecule has 0 bridgehead atoms. The van der Waals surface area contributed by atoms with Gasteiger partial charge in [0, 0.05) is 39.0 Å². The number of hydrogen-bond donors (Lipinski definition) is 2. The summed E-state index contributed by atoms with van der Waals surface area (Å²) in [6.07, 6.45) is 3.18. The smallest absolute Gasteiger partial charge is 0.243 e. The van der Waals surface area contributed by atoms with Crippen LogP contribution in [0.5, 0.6) is 5.75 Å². The maximum atomic E-state index is 12.0. The van der Waals surface area contributed by atoms with Crippen molar-refractivity contribution in [3.05, 3.63) is 54.0 Å². The van der Waals surface area contributed by atoms with Gasteiger partial charge in [-0.3, -0.25) is 4.79 Å². The van der Waals surface area contributed by atoms with Crippen molar-refractivity contribution in [2.45, 2.75) is 38.3 Å². The third kappa shape index (κ3) is 5.76. The first-order valence-corrected chi connectivity index (χ1v) is 9.89. The Bertz CT molecular complexity index is 844. The van der Waals surface area contributed by atoms with E-state index in [0.717, 1.165) is 29.9 Å². The Labute approximate surface area is 172 Å². The molecular weight excluding hydrogens is 368 g/mol. The minimum Gasteiger partial charge on any atom is -0.487 e. The summed E-state index contributed by atoms with van der Waals surface area (Å²) in [5.41, 5.74) is 0.788. The van der Waals surface area contributed by atoms with Crippen molar-refractivity contribution >= 4 is 11.9 Å². The summed E-state index contributed by atoms with van der Waals surface area (Å²) in [6, 6.07) is 11.9. The highest BCUT2D eigenvalue weighted by Crippen LogP contribution is 2.39. The molecule has 0 saturated carbocycles. The molecule has 1 aromatic carbocycles. The fraction of sp³-hybridized carbons (Fsp3) is 0.455. The molecule has 2 aromatic rings. The van der Waals surface area contributed by atoms with Crippen LogP contribution in [0.25, 0.3) is 0 Å². The van der Waals surface area contributed by atoms with Crippen molar-refractivity contribution in [2.75, 3.05) is 27.2 Å².